The van der Waals surface area contributed by atoms with Crippen molar-refractivity contribution in [2.45, 2.75) is 45.1 Å². The first-order valence-electron chi connectivity index (χ1n) is 8.04. The zero-order valence-electron chi connectivity index (χ0n) is 14.0. The fraction of sp³-hybridized carbons (Fsp3) is 0.588. The lowest BCUT2D eigenvalue weighted by Crippen LogP contribution is -2.54. The number of rotatable bonds is 7. The fourth-order valence-electron chi connectivity index (χ4n) is 2.56. The van der Waals surface area contributed by atoms with Gasteiger partial charge in [-0.3, -0.25) is 9.59 Å². The summed E-state index contributed by atoms with van der Waals surface area (Å²) in [6.07, 6.45) is 5.43. The first-order chi connectivity index (χ1) is 11.0. The Bertz CT molecular complexity index is 568. The minimum Gasteiger partial charge on any atom is -0.385 e. The number of pyridine rings is 1. The van der Waals surface area contributed by atoms with Crippen LogP contribution in [0.15, 0.2) is 18.3 Å². The van der Waals surface area contributed by atoms with Gasteiger partial charge in [0.05, 0.1) is 0 Å². The number of anilines is 1. The maximum Gasteiger partial charge on any atom is 0.251 e. The maximum absolute atomic E-state index is 12.5. The van der Waals surface area contributed by atoms with E-state index in [1.807, 2.05) is 13.8 Å². The van der Waals surface area contributed by atoms with Crippen molar-refractivity contribution >= 4 is 17.6 Å². The Labute approximate surface area is 137 Å². The SMILES string of the molecule is COCCC1(NC(=O)c2ccnc(NC(=O)C(C)C)c2)CCC1. The van der Waals surface area contributed by atoms with Crippen LogP contribution in [-0.2, 0) is 9.53 Å². The van der Waals surface area contributed by atoms with Gasteiger partial charge >= 0.3 is 0 Å². The minimum absolute atomic E-state index is 0.120. The Hall–Kier alpha value is -1.95. The summed E-state index contributed by atoms with van der Waals surface area (Å²) in [4.78, 5) is 28.3. The van der Waals surface area contributed by atoms with Crippen LogP contribution < -0.4 is 10.6 Å². The van der Waals surface area contributed by atoms with E-state index < -0.39 is 0 Å². The van der Waals surface area contributed by atoms with Crippen molar-refractivity contribution in [1.82, 2.24) is 10.3 Å². The summed E-state index contributed by atoms with van der Waals surface area (Å²) in [6.45, 7) is 4.25. The van der Waals surface area contributed by atoms with Crippen molar-refractivity contribution in [2.75, 3.05) is 19.0 Å². The lowest BCUT2D eigenvalue weighted by atomic mass is 9.74. The number of carbonyl (C=O) groups excluding carboxylic acids is 2. The van der Waals surface area contributed by atoms with Gasteiger partial charge in [0.1, 0.15) is 5.82 Å². The smallest absolute Gasteiger partial charge is 0.251 e. The molecule has 126 valence electrons. The maximum atomic E-state index is 12.5. The summed E-state index contributed by atoms with van der Waals surface area (Å²) >= 11 is 0. The molecule has 1 aromatic rings. The molecule has 0 aromatic carbocycles. The molecule has 1 aliphatic rings. The molecule has 0 spiro atoms. The van der Waals surface area contributed by atoms with E-state index >= 15 is 0 Å². The molecule has 0 aliphatic heterocycles. The molecule has 2 rings (SSSR count). The monoisotopic (exact) mass is 319 g/mol. The van der Waals surface area contributed by atoms with Gasteiger partial charge < -0.3 is 15.4 Å². The van der Waals surface area contributed by atoms with Crippen LogP contribution in [0.1, 0.15) is 49.9 Å². The lowest BCUT2D eigenvalue weighted by Gasteiger charge is -2.42. The summed E-state index contributed by atoms with van der Waals surface area (Å²) in [6, 6.07) is 3.27. The Morgan fingerprint density at radius 1 is 1.39 bits per heavy atom. The third kappa shape index (κ3) is 4.51. The predicted octanol–water partition coefficient (Wildman–Crippen LogP) is 2.37. The molecule has 0 saturated heterocycles. The summed E-state index contributed by atoms with van der Waals surface area (Å²) in [5.41, 5.74) is 0.347. The Balaban J connectivity index is 2.03. The van der Waals surface area contributed by atoms with Crippen molar-refractivity contribution in [2.24, 2.45) is 5.92 Å². The summed E-state index contributed by atoms with van der Waals surface area (Å²) in [7, 11) is 1.67. The first kappa shape index (κ1) is 17.4. The third-order valence-corrected chi connectivity index (χ3v) is 4.27. The Kier molecular flexibility index (Phi) is 5.71. The molecule has 0 bridgehead atoms. The fourth-order valence-corrected chi connectivity index (χ4v) is 2.56. The van der Waals surface area contributed by atoms with Gasteiger partial charge in [-0.15, -0.1) is 0 Å². The summed E-state index contributed by atoms with van der Waals surface area (Å²) in [5.74, 6) is 0.00587. The number of nitrogens with one attached hydrogen (secondary N) is 2. The van der Waals surface area contributed by atoms with Gasteiger partial charge in [-0.25, -0.2) is 4.98 Å². The van der Waals surface area contributed by atoms with Gasteiger partial charge in [-0.05, 0) is 37.8 Å². The van der Waals surface area contributed by atoms with Crippen LogP contribution in [0.5, 0.6) is 0 Å². The first-order valence-corrected chi connectivity index (χ1v) is 8.04. The topological polar surface area (TPSA) is 80.3 Å². The number of ether oxygens (including phenoxy) is 1. The van der Waals surface area contributed by atoms with Crippen LogP contribution in [0, 0.1) is 5.92 Å². The number of methoxy groups -OCH3 is 1. The number of nitrogens with zero attached hydrogens (tertiary/aromatic N) is 1. The zero-order valence-corrected chi connectivity index (χ0v) is 14.0. The molecule has 1 fully saturated rings. The molecule has 2 amide bonds. The standard InChI is InChI=1S/C17H25N3O3/c1-12(2)15(21)19-14-11-13(5-9-18-14)16(22)20-17(6-4-7-17)8-10-23-3/h5,9,11-12H,4,6-8,10H2,1-3H3,(H,20,22)(H,18,19,21). The van der Waals surface area contributed by atoms with Crippen molar-refractivity contribution in [3.8, 4) is 0 Å². The minimum atomic E-state index is -0.155. The predicted molar refractivity (Wildman–Crippen MR) is 88.2 cm³/mol. The molecule has 1 aliphatic carbocycles. The van der Waals surface area contributed by atoms with Crippen LogP contribution in [0.3, 0.4) is 0 Å². The van der Waals surface area contributed by atoms with Crippen molar-refractivity contribution < 1.29 is 14.3 Å². The molecule has 6 heteroatoms. The number of hydrogen-bond acceptors (Lipinski definition) is 4. The molecule has 1 saturated carbocycles. The quantitative estimate of drug-likeness (QED) is 0.808. The number of carbonyl (C=O) groups is 2. The van der Waals surface area contributed by atoms with Gasteiger partial charge in [-0.2, -0.15) is 0 Å². The molecular weight excluding hydrogens is 294 g/mol. The zero-order chi connectivity index (χ0) is 16.9. The molecular formula is C17H25N3O3. The molecule has 1 aromatic heterocycles. The van der Waals surface area contributed by atoms with E-state index in [-0.39, 0.29) is 23.3 Å². The average Bonchev–Trinajstić information content (AvgIpc) is 2.49. The van der Waals surface area contributed by atoms with E-state index in [2.05, 4.69) is 15.6 Å². The van der Waals surface area contributed by atoms with E-state index in [4.69, 9.17) is 4.74 Å². The second-order valence-corrected chi connectivity index (χ2v) is 6.40. The summed E-state index contributed by atoms with van der Waals surface area (Å²) in [5, 5.41) is 5.84. The van der Waals surface area contributed by atoms with Crippen LogP contribution in [0.25, 0.3) is 0 Å². The van der Waals surface area contributed by atoms with E-state index in [9.17, 15) is 9.59 Å². The van der Waals surface area contributed by atoms with E-state index in [0.717, 1.165) is 25.7 Å². The molecule has 2 N–H and O–H groups in total. The van der Waals surface area contributed by atoms with Crippen LogP contribution in [0.4, 0.5) is 5.82 Å². The highest BCUT2D eigenvalue weighted by Gasteiger charge is 2.38. The third-order valence-electron chi connectivity index (χ3n) is 4.27. The molecule has 6 nitrogen and oxygen atoms in total. The van der Waals surface area contributed by atoms with Crippen molar-refractivity contribution in [3.63, 3.8) is 0 Å². The highest BCUT2D eigenvalue weighted by atomic mass is 16.5. The number of aromatic nitrogens is 1. The Morgan fingerprint density at radius 3 is 2.70 bits per heavy atom. The molecule has 23 heavy (non-hydrogen) atoms. The van der Waals surface area contributed by atoms with Crippen molar-refractivity contribution in [3.05, 3.63) is 23.9 Å². The largest absolute Gasteiger partial charge is 0.385 e. The van der Waals surface area contributed by atoms with Gasteiger partial charge in [0.2, 0.25) is 5.91 Å². The highest BCUT2D eigenvalue weighted by molar-refractivity contribution is 5.97. The van der Waals surface area contributed by atoms with Gasteiger partial charge in [0.25, 0.3) is 5.91 Å². The highest BCUT2D eigenvalue weighted by Crippen LogP contribution is 2.35. The van der Waals surface area contributed by atoms with Gasteiger partial charge in [-0.1, -0.05) is 13.8 Å². The van der Waals surface area contributed by atoms with E-state index in [1.54, 1.807) is 19.2 Å². The second-order valence-electron chi connectivity index (χ2n) is 6.40. The van der Waals surface area contributed by atoms with Crippen LogP contribution in [0.2, 0.25) is 0 Å². The molecule has 0 radical (unpaired) electrons. The normalized spacial score (nSPS) is 15.8. The lowest BCUT2D eigenvalue weighted by molar-refractivity contribution is -0.118. The number of amides is 2. The molecule has 0 atom stereocenters. The van der Waals surface area contributed by atoms with Gasteiger partial charge in [0, 0.05) is 36.9 Å². The van der Waals surface area contributed by atoms with Gasteiger partial charge in [0.15, 0.2) is 0 Å². The molecule has 0 unspecified atom stereocenters. The summed E-state index contributed by atoms with van der Waals surface area (Å²) < 4.78 is 5.14. The van der Waals surface area contributed by atoms with Crippen molar-refractivity contribution in [1.29, 1.82) is 0 Å². The number of hydrogen-bond donors (Lipinski definition) is 2. The molecule has 1 heterocycles. The van der Waals surface area contributed by atoms with Crippen LogP contribution >= 0.6 is 0 Å². The second kappa shape index (κ2) is 7.55. The van der Waals surface area contributed by atoms with Crippen LogP contribution in [-0.4, -0.2) is 36.1 Å². The van der Waals surface area contributed by atoms with E-state index in [1.165, 1.54) is 6.20 Å². The average molecular weight is 319 g/mol. The Morgan fingerprint density at radius 2 is 2.13 bits per heavy atom. The van der Waals surface area contributed by atoms with E-state index in [0.29, 0.717) is 18.0 Å².